The van der Waals surface area contributed by atoms with Crippen LogP contribution in [0.3, 0.4) is 0 Å². The van der Waals surface area contributed by atoms with E-state index in [1.807, 2.05) is 26.4 Å². The highest BCUT2D eigenvalue weighted by Gasteiger charge is 2.57. The summed E-state index contributed by atoms with van der Waals surface area (Å²) in [7, 11) is 10.8. The maximum absolute atomic E-state index is 15.5. The molecule has 0 radical (unpaired) electrons. The SMILES string of the molecule is C=C(OC)C(=O)Nc1cc(OC)c(OC)cc1C(=O)OC1C(O)CC(OC2C(=O)C(NC(=O)OC)=C3C(=CCSSSC)C2(O)C#CC=CC#CC3OC2OC(C)C(NOC3CC(O)C(SC)C(C)O3)C(O)C2OC2CC(OC)C(NCC)CO2)OC1C. The smallest absolute Gasteiger partial charge is 0.411 e. The largest absolute Gasteiger partial charge is 0.493 e. The highest BCUT2D eigenvalue weighted by molar-refractivity contribution is 9.09. The Labute approximate surface area is 526 Å². The molecule has 1 aromatic rings. The molecule has 7 rings (SSSR count). The van der Waals surface area contributed by atoms with Gasteiger partial charge in [0.15, 0.2) is 60.2 Å². The van der Waals surface area contributed by atoms with Crippen LogP contribution in [-0.4, -0.2) is 226 Å². The monoisotopic (exact) mass is 1310 g/mol. The lowest BCUT2D eigenvalue weighted by Crippen LogP contribution is -2.65. The van der Waals surface area contributed by atoms with E-state index in [1.165, 1.54) is 95.7 Å². The molecule has 2 aliphatic carbocycles. The number of hydroxylamine groups is 1. The van der Waals surface area contributed by atoms with Crippen LogP contribution in [0.1, 0.15) is 57.3 Å². The summed E-state index contributed by atoms with van der Waals surface area (Å²) in [6, 6.07) is 1.36. The molecule has 4 fully saturated rings. The molecule has 19 atom stereocenters. The Balaban J connectivity index is 1.23. The van der Waals surface area contributed by atoms with Gasteiger partial charge in [0.25, 0.3) is 5.91 Å². The summed E-state index contributed by atoms with van der Waals surface area (Å²) in [4.78, 5) is 62.0. The van der Waals surface area contributed by atoms with Crippen molar-refractivity contribution >= 4 is 72.6 Å². The molecule has 26 nitrogen and oxygen atoms in total. The third kappa shape index (κ3) is 16.9. The second kappa shape index (κ2) is 33.1. The van der Waals surface area contributed by atoms with Crippen LogP contribution in [0, 0.1) is 23.7 Å². The van der Waals surface area contributed by atoms with Crippen molar-refractivity contribution in [3.05, 3.63) is 65.1 Å². The van der Waals surface area contributed by atoms with Crippen LogP contribution in [-0.2, 0) is 66.5 Å². The lowest BCUT2D eigenvalue weighted by atomic mass is 9.73. The van der Waals surface area contributed by atoms with Gasteiger partial charge in [0.1, 0.15) is 18.3 Å². The molecule has 8 N–H and O–H groups in total. The first-order valence-electron chi connectivity index (χ1n) is 28.1. The summed E-state index contributed by atoms with van der Waals surface area (Å²) in [5.41, 5.74) is -0.847. The van der Waals surface area contributed by atoms with Gasteiger partial charge in [0.05, 0.1) is 106 Å². The molecule has 0 spiro atoms. The van der Waals surface area contributed by atoms with Gasteiger partial charge in [-0.25, -0.2) is 9.59 Å². The van der Waals surface area contributed by atoms with Crippen molar-refractivity contribution < 1.29 is 106 Å². The van der Waals surface area contributed by atoms with E-state index in [4.69, 9.17) is 66.4 Å². The van der Waals surface area contributed by atoms with Gasteiger partial charge in [-0.3, -0.25) is 19.7 Å². The van der Waals surface area contributed by atoms with Gasteiger partial charge in [0, 0.05) is 55.4 Å². The molecule has 88 heavy (non-hydrogen) atoms. The third-order valence-corrected chi connectivity index (χ3v) is 20.1. The molecule has 0 saturated carbocycles. The second-order valence-electron chi connectivity index (χ2n) is 20.6. The van der Waals surface area contributed by atoms with Crippen molar-refractivity contribution in [1.82, 2.24) is 16.1 Å². The molecule has 0 aromatic heterocycles. The number of amides is 2. The number of ether oxygens (including phenoxy) is 13. The van der Waals surface area contributed by atoms with Gasteiger partial charge in [-0.2, -0.15) is 17.2 Å². The predicted octanol–water partition coefficient (Wildman–Crippen LogP) is 3.03. The van der Waals surface area contributed by atoms with Gasteiger partial charge < -0.3 is 92.6 Å². The highest BCUT2D eigenvalue weighted by Crippen LogP contribution is 2.44. The number of fused-ring (bicyclic) bond motifs is 2. The van der Waals surface area contributed by atoms with Crippen LogP contribution in [0.4, 0.5) is 10.5 Å². The van der Waals surface area contributed by atoms with Gasteiger partial charge in [0.2, 0.25) is 5.78 Å². The fourth-order valence-electron chi connectivity index (χ4n) is 10.7. The van der Waals surface area contributed by atoms with E-state index >= 15 is 4.79 Å². The van der Waals surface area contributed by atoms with E-state index in [0.717, 1.165) is 7.11 Å². The number of benzene rings is 1. The number of nitrogens with one attached hydrogen (secondary N) is 4. The van der Waals surface area contributed by atoms with E-state index in [2.05, 4.69) is 51.7 Å². The van der Waals surface area contributed by atoms with Crippen LogP contribution >= 0.6 is 43.2 Å². The lowest BCUT2D eigenvalue weighted by molar-refractivity contribution is -0.336. The molecule has 2 amide bonds. The molecular formula is C58H78N4O22S4. The number of ketones is 1. The third-order valence-electron chi connectivity index (χ3n) is 15.1. The molecular weight excluding hydrogens is 1230 g/mol. The number of esters is 1. The first-order valence-corrected chi connectivity index (χ1v) is 33.4. The first-order chi connectivity index (χ1) is 42.2. The summed E-state index contributed by atoms with van der Waals surface area (Å²) in [5.74, 6) is 8.70. The number of methoxy groups -OCH3 is 5. The Bertz CT molecular complexity index is 2840. The number of aliphatic hydroxyl groups is 4. The highest BCUT2D eigenvalue weighted by atomic mass is 33.5. The zero-order valence-corrected chi connectivity index (χ0v) is 53.8. The molecule has 30 heteroatoms. The Hall–Kier alpha value is -4.62. The summed E-state index contributed by atoms with van der Waals surface area (Å²) in [6.07, 6.45) is -11.5. The number of likely N-dealkylation sites (N-methyl/N-ethyl adjacent to an activating group) is 1. The minimum atomic E-state index is -2.63. The first kappa shape index (κ1) is 70.8. The average Bonchev–Trinajstić information content (AvgIpc) is 0.822. The van der Waals surface area contributed by atoms with E-state index in [1.54, 1.807) is 20.1 Å². The van der Waals surface area contributed by atoms with Crippen molar-refractivity contribution in [2.24, 2.45) is 0 Å². The molecule has 1 aromatic carbocycles. The number of anilines is 1. The quantitative estimate of drug-likeness (QED) is 0.0133. The number of allylic oxidation sites excluding steroid dienone is 2. The molecule has 2 bridgehead atoms. The van der Waals surface area contributed by atoms with E-state index < -0.39 is 128 Å². The zero-order chi connectivity index (χ0) is 64.0. The van der Waals surface area contributed by atoms with Gasteiger partial charge in [-0.1, -0.05) is 64.8 Å². The number of hydrogen-bond donors (Lipinski definition) is 8. The molecule has 4 saturated heterocycles. The number of Topliss-reactive ketones (excluding diaryl/α,β-unsaturated/α-hetero) is 1. The number of hydrogen-bond acceptors (Lipinski definition) is 28. The van der Waals surface area contributed by atoms with Crippen molar-refractivity contribution in [3.63, 3.8) is 0 Å². The standard InChI is InChI=1S/C58H78N4O22S4/c1-13-59-35-27-76-42(26-39(35)72-7)81-51-48(65)46(62-84-44-25-37(64)52(85-11)30(4)78-44)28(2)79-56(51)80-38-18-16-14-15-17-20-58(70)33(19-21-87-88-86-12)45(38)47(61-57(69)75-10)49(66)53(58)82-43-24-36(63)50(29(3)77-43)83-55(68)32-22-40(73-8)41(74-9)23-34(32)60-54(67)31(5)71-6/h14-15,19,22-23,28-30,35-39,42-44,46,48,50-53,56,59,62-65,70H,5,13,21,24-27H2,1-4,6-12H3,(H,60,67)(H,61,69). The molecule has 19 unspecified atom stereocenters. The summed E-state index contributed by atoms with van der Waals surface area (Å²) in [5, 5.41) is 56.8. The number of rotatable bonds is 25. The zero-order valence-electron chi connectivity index (χ0n) is 50.5. The van der Waals surface area contributed by atoms with Crippen LogP contribution in [0.15, 0.2) is 59.5 Å². The fourth-order valence-corrected chi connectivity index (χ4v) is 14.0. The Morgan fingerprint density at radius 3 is 2.23 bits per heavy atom. The number of carbonyl (C=O) groups excluding carboxylic acids is 4. The average molecular weight is 1310 g/mol. The minimum absolute atomic E-state index is 0.0767. The summed E-state index contributed by atoms with van der Waals surface area (Å²) < 4.78 is 77.6. The minimum Gasteiger partial charge on any atom is -0.493 e. The second-order valence-corrected chi connectivity index (χ2v) is 26.0. The molecule has 6 aliphatic rings. The van der Waals surface area contributed by atoms with Gasteiger partial charge in [-0.15, -0.1) is 0 Å². The van der Waals surface area contributed by atoms with Gasteiger partial charge in [-0.05, 0) is 61.8 Å². The molecule has 4 aliphatic heterocycles. The summed E-state index contributed by atoms with van der Waals surface area (Å²) >= 11 is 1.47. The van der Waals surface area contributed by atoms with Crippen molar-refractivity contribution in [2.75, 3.05) is 72.3 Å². The van der Waals surface area contributed by atoms with Gasteiger partial charge >= 0.3 is 12.1 Å². The van der Waals surface area contributed by atoms with Crippen LogP contribution in [0.5, 0.6) is 11.5 Å². The van der Waals surface area contributed by atoms with Crippen molar-refractivity contribution in [3.8, 4) is 35.2 Å². The Kier molecular flexibility index (Phi) is 26.6. The van der Waals surface area contributed by atoms with Crippen molar-refractivity contribution in [1.29, 1.82) is 0 Å². The van der Waals surface area contributed by atoms with E-state index in [0.29, 0.717) is 6.54 Å². The van der Waals surface area contributed by atoms with Crippen LogP contribution < -0.4 is 30.9 Å². The molecule has 4 heterocycles. The van der Waals surface area contributed by atoms with E-state index in [-0.39, 0.29) is 88.4 Å². The van der Waals surface area contributed by atoms with Crippen LogP contribution in [0.2, 0.25) is 0 Å². The number of carbonyl (C=O) groups is 4. The molecule has 486 valence electrons. The van der Waals surface area contributed by atoms with E-state index in [9.17, 15) is 34.8 Å². The number of alkyl carbamates (subject to hydrolysis) is 1. The van der Waals surface area contributed by atoms with Crippen molar-refractivity contribution in [2.45, 2.75) is 162 Å². The Morgan fingerprint density at radius 2 is 1.57 bits per heavy atom. The maximum atomic E-state index is 15.5. The fraction of sp³-hybridized carbons (Fsp3) is 0.621. The topological polar surface area (TPSA) is 327 Å². The Morgan fingerprint density at radius 1 is 0.852 bits per heavy atom. The van der Waals surface area contributed by atoms with Crippen LogP contribution in [0.25, 0.3) is 0 Å². The normalized spacial score (nSPS) is 34.3. The lowest BCUT2D eigenvalue weighted by Gasteiger charge is -2.47. The maximum Gasteiger partial charge on any atom is 0.411 e. The predicted molar refractivity (Wildman–Crippen MR) is 325 cm³/mol. The summed E-state index contributed by atoms with van der Waals surface area (Å²) in [6.45, 7) is 11.3. The number of aliphatic hydroxyl groups excluding tert-OH is 3. The number of thioether (sulfide) groups is 1.